The summed E-state index contributed by atoms with van der Waals surface area (Å²) in [7, 11) is 0. The molecule has 2 aromatic carbocycles. The van der Waals surface area contributed by atoms with Crippen LogP contribution in [0.2, 0.25) is 5.02 Å². The number of cyclic esters (lactones) is 1. The lowest BCUT2D eigenvalue weighted by atomic mass is 9.77. The van der Waals surface area contributed by atoms with Crippen LogP contribution in [0, 0.1) is 18.8 Å². The molecular formula is C35H38ClN3O7. The van der Waals surface area contributed by atoms with Gasteiger partial charge in [0.2, 0.25) is 11.8 Å². The topological polar surface area (TPSA) is 125 Å². The molecule has 4 heterocycles. The fourth-order valence-corrected chi connectivity index (χ4v) is 7.67. The van der Waals surface area contributed by atoms with Crippen molar-refractivity contribution in [3.8, 4) is 0 Å². The Bertz CT molecular complexity index is 1550. The van der Waals surface area contributed by atoms with Crippen LogP contribution in [0.5, 0.6) is 0 Å². The second-order valence-corrected chi connectivity index (χ2v) is 12.6. The maximum absolute atomic E-state index is 14.8. The molecule has 0 radical (unpaired) electrons. The number of ether oxygens (including phenoxy) is 2. The lowest BCUT2D eigenvalue weighted by molar-refractivity contribution is -0.146. The highest BCUT2D eigenvalue weighted by atomic mass is 35.5. The van der Waals surface area contributed by atoms with Gasteiger partial charge in [0.1, 0.15) is 18.2 Å². The van der Waals surface area contributed by atoms with Gasteiger partial charge in [0, 0.05) is 13.0 Å². The van der Waals surface area contributed by atoms with E-state index in [0.29, 0.717) is 23.6 Å². The molecule has 2 fully saturated rings. The van der Waals surface area contributed by atoms with Gasteiger partial charge in [-0.3, -0.25) is 19.2 Å². The summed E-state index contributed by atoms with van der Waals surface area (Å²) >= 11 is 6.64. The van der Waals surface area contributed by atoms with Crippen molar-refractivity contribution in [1.82, 2.24) is 10.2 Å². The van der Waals surface area contributed by atoms with Crippen LogP contribution in [-0.4, -0.2) is 77.2 Å². The van der Waals surface area contributed by atoms with Crippen LogP contribution in [0.4, 0.5) is 5.69 Å². The van der Waals surface area contributed by atoms with E-state index >= 15 is 0 Å². The normalized spacial score (nSPS) is 31.1. The molecule has 46 heavy (non-hydrogen) atoms. The van der Waals surface area contributed by atoms with Crippen LogP contribution in [-0.2, 0) is 28.7 Å². The van der Waals surface area contributed by atoms with Gasteiger partial charge < -0.3 is 29.7 Å². The van der Waals surface area contributed by atoms with E-state index in [4.69, 9.17) is 21.1 Å². The first-order valence-electron chi connectivity index (χ1n) is 15.7. The number of anilines is 1. The van der Waals surface area contributed by atoms with E-state index in [1.54, 1.807) is 41.3 Å². The first kappa shape index (κ1) is 32.0. The number of aliphatic hydroxyl groups is 1. The van der Waals surface area contributed by atoms with Crippen LogP contribution in [0.3, 0.4) is 0 Å². The van der Waals surface area contributed by atoms with E-state index in [-0.39, 0.29) is 26.2 Å². The third-order valence-corrected chi connectivity index (χ3v) is 9.84. The van der Waals surface area contributed by atoms with Gasteiger partial charge in [0.25, 0.3) is 5.91 Å². The lowest BCUT2D eigenvalue weighted by Crippen LogP contribution is -2.58. The van der Waals surface area contributed by atoms with E-state index in [9.17, 15) is 24.3 Å². The molecule has 6 rings (SSSR count). The summed E-state index contributed by atoms with van der Waals surface area (Å²) in [6.07, 6.45) is 6.99. The number of esters is 1. The molecule has 0 aliphatic carbocycles. The summed E-state index contributed by atoms with van der Waals surface area (Å²) in [6.45, 7) is 3.41. The highest BCUT2D eigenvalue weighted by molar-refractivity contribution is 6.34. The van der Waals surface area contributed by atoms with Gasteiger partial charge >= 0.3 is 5.97 Å². The number of fused-ring (bicyclic) bond motifs is 2. The second-order valence-electron chi connectivity index (χ2n) is 12.2. The Morgan fingerprint density at radius 1 is 1.07 bits per heavy atom. The molecule has 10 nitrogen and oxygen atoms in total. The number of nitrogens with zero attached hydrogens (tertiary/aromatic N) is 2. The Morgan fingerprint density at radius 2 is 1.85 bits per heavy atom. The third-order valence-electron chi connectivity index (χ3n) is 9.54. The summed E-state index contributed by atoms with van der Waals surface area (Å²) in [5.41, 5.74) is 0.542. The summed E-state index contributed by atoms with van der Waals surface area (Å²) in [4.78, 5) is 59.2. The zero-order valence-corrected chi connectivity index (χ0v) is 26.6. The number of para-hydroxylation sites is 1. The molecule has 7 atom stereocenters. The van der Waals surface area contributed by atoms with Gasteiger partial charge in [-0.15, -0.1) is 0 Å². The number of benzene rings is 2. The number of hydrogen-bond acceptors (Lipinski definition) is 7. The zero-order chi connectivity index (χ0) is 32.6. The van der Waals surface area contributed by atoms with Crippen molar-refractivity contribution in [3.63, 3.8) is 0 Å². The zero-order valence-electron chi connectivity index (χ0n) is 25.8. The first-order valence-corrected chi connectivity index (χ1v) is 16.1. The van der Waals surface area contributed by atoms with Gasteiger partial charge in [-0.1, -0.05) is 85.3 Å². The molecule has 2 saturated heterocycles. The first-order chi connectivity index (χ1) is 22.2. The van der Waals surface area contributed by atoms with E-state index < -0.39 is 65.4 Å². The van der Waals surface area contributed by atoms with Crippen LogP contribution in [0.1, 0.15) is 43.4 Å². The highest BCUT2D eigenvalue weighted by Gasteiger charge is 2.72. The largest absolute Gasteiger partial charge is 0.463 e. The molecule has 0 aromatic heterocycles. The van der Waals surface area contributed by atoms with Crippen molar-refractivity contribution in [2.75, 3.05) is 24.7 Å². The molecule has 242 valence electrons. The van der Waals surface area contributed by atoms with Gasteiger partial charge in [-0.25, -0.2) is 0 Å². The van der Waals surface area contributed by atoms with Gasteiger partial charge in [0.15, 0.2) is 0 Å². The van der Waals surface area contributed by atoms with Crippen LogP contribution in [0.25, 0.3) is 0 Å². The number of carbonyl (C=O) groups excluding carboxylic acids is 4. The minimum Gasteiger partial charge on any atom is -0.463 e. The number of halogens is 1. The van der Waals surface area contributed by atoms with E-state index in [1.165, 1.54) is 4.90 Å². The van der Waals surface area contributed by atoms with Crippen molar-refractivity contribution in [2.45, 2.75) is 62.9 Å². The summed E-state index contributed by atoms with van der Waals surface area (Å²) in [5, 5.41) is 13.8. The number of nitrogens with one attached hydrogen (secondary N) is 1. The predicted octanol–water partition coefficient (Wildman–Crippen LogP) is 3.65. The number of hydrogen-bond donors (Lipinski definition) is 2. The number of rotatable bonds is 5. The second kappa shape index (κ2) is 13.0. The molecule has 11 heteroatoms. The minimum absolute atomic E-state index is 0.0813. The molecule has 1 spiro atoms. The van der Waals surface area contributed by atoms with Gasteiger partial charge in [-0.05, 0) is 37.0 Å². The Hall–Kier alpha value is -3.99. The molecule has 2 aromatic rings. The highest BCUT2D eigenvalue weighted by Crippen LogP contribution is 2.54. The fraction of sp³-hybridized carbons (Fsp3) is 0.429. The lowest BCUT2D eigenvalue weighted by Gasteiger charge is -2.38. The molecular weight excluding hydrogens is 610 g/mol. The van der Waals surface area contributed by atoms with Crippen molar-refractivity contribution in [3.05, 3.63) is 89.0 Å². The van der Waals surface area contributed by atoms with Crippen LogP contribution in [0.15, 0.2) is 72.8 Å². The number of allylic oxidation sites excluding steroid dienone is 1. The Morgan fingerprint density at radius 3 is 2.57 bits per heavy atom. The Balaban J connectivity index is 1.47. The van der Waals surface area contributed by atoms with Crippen molar-refractivity contribution in [1.29, 1.82) is 0 Å². The average molecular weight is 648 g/mol. The number of carbonyl (C=O) groups is 4. The quantitative estimate of drug-likeness (QED) is 0.375. The SMILES string of the molecule is CC[C@@H](CO)N1C(=O)[C@H]2[C@@H]3C(=O)N[C@@H](c4ccccc4)COC(=O)CC/C=C\[C@@H]3O[C@]23C=CCN(c2c(C)cccc2Cl)C(=O)[C@H]13. The third kappa shape index (κ3) is 5.42. The molecule has 0 saturated carbocycles. The predicted molar refractivity (Wildman–Crippen MR) is 171 cm³/mol. The van der Waals surface area contributed by atoms with Gasteiger partial charge in [0.05, 0.1) is 47.3 Å². The minimum atomic E-state index is -1.51. The maximum Gasteiger partial charge on any atom is 0.306 e. The van der Waals surface area contributed by atoms with Crippen molar-refractivity contribution < 1.29 is 33.8 Å². The molecule has 2 N–H and O–H groups in total. The summed E-state index contributed by atoms with van der Waals surface area (Å²) in [6, 6.07) is 12.0. The fourth-order valence-electron chi connectivity index (χ4n) is 7.35. The maximum atomic E-state index is 14.8. The van der Waals surface area contributed by atoms with E-state index in [2.05, 4.69) is 5.32 Å². The average Bonchev–Trinajstić information content (AvgIpc) is 3.44. The Labute approximate surface area is 273 Å². The van der Waals surface area contributed by atoms with Crippen molar-refractivity contribution >= 4 is 41.0 Å². The van der Waals surface area contributed by atoms with Crippen LogP contribution >= 0.6 is 11.6 Å². The van der Waals surface area contributed by atoms with E-state index in [0.717, 1.165) is 11.1 Å². The van der Waals surface area contributed by atoms with Gasteiger partial charge in [-0.2, -0.15) is 0 Å². The number of aliphatic hydroxyl groups excluding tert-OH is 1. The monoisotopic (exact) mass is 647 g/mol. The van der Waals surface area contributed by atoms with Crippen molar-refractivity contribution in [2.24, 2.45) is 11.8 Å². The summed E-state index contributed by atoms with van der Waals surface area (Å²) < 4.78 is 12.3. The molecule has 0 unspecified atom stereocenters. The molecule has 0 bridgehead atoms. The molecule has 4 aliphatic rings. The summed E-state index contributed by atoms with van der Waals surface area (Å²) in [5.74, 6) is -3.79. The van der Waals surface area contributed by atoms with E-state index in [1.807, 2.05) is 50.2 Å². The Kier molecular flexibility index (Phi) is 9.05. The number of likely N-dealkylation sites (tertiary alicyclic amines) is 1. The smallest absolute Gasteiger partial charge is 0.306 e. The number of aryl methyl sites for hydroxylation is 1. The van der Waals surface area contributed by atoms with Crippen LogP contribution < -0.4 is 10.2 Å². The standard InChI is InChI=1S/C35H38ClN3O7/c1-3-23(19-40)39-31-34(44)38(30-21(2)11-9-14-24(30)36)18-10-17-35(31)29(33(39)43)28-26(46-35)15-7-8-16-27(41)45-20-25(37-32(28)42)22-12-5-4-6-13-22/h4-7,9-15,17,23,25-26,28-29,31,40H,3,8,16,18-20H2,1-2H3,(H,37,42)/b15-7-/t23-,25+,26-,28+,29+,31-,35+/m0/s1. The molecule has 4 aliphatic heterocycles. The number of amides is 3. The molecule has 3 amide bonds.